The van der Waals surface area contributed by atoms with Gasteiger partial charge in [-0.15, -0.1) is 0 Å². The third-order valence-electron chi connectivity index (χ3n) is 4.46. The van der Waals surface area contributed by atoms with Gasteiger partial charge < -0.3 is 14.5 Å². The van der Waals surface area contributed by atoms with Crippen molar-refractivity contribution in [3.8, 4) is 0 Å². The topological polar surface area (TPSA) is 58.6 Å². The molecule has 0 bridgehead atoms. The van der Waals surface area contributed by atoms with E-state index in [2.05, 4.69) is 9.97 Å². The van der Waals surface area contributed by atoms with Crippen molar-refractivity contribution in [1.29, 1.82) is 0 Å². The van der Waals surface area contributed by atoms with Crippen LogP contribution in [0.25, 0.3) is 0 Å². The minimum absolute atomic E-state index is 0.0273. The number of alkyl halides is 3. The van der Waals surface area contributed by atoms with E-state index in [1.165, 1.54) is 6.92 Å². The van der Waals surface area contributed by atoms with E-state index in [1.807, 2.05) is 0 Å². The first-order valence-electron chi connectivity index (χ1n) is 8.43. The second kappa shape index (κ2) is 7.15. The van der Waals surface area contributed by atoms with Crippen LogP contribution in [-0.4, -0.2) is 59.7 Å². The number of rotatable bonds is 2. The molecule has 0 N–H and O–H groups in total. The van der Waals surface area contributed by atoms with Gasteiger partial charge in [-0.25, -0.2) is 9.97 Å². The molecule has 138 valence electrons. The average molecular weight is 358 g/mol. The number of aromatic nitrogens is 2. The van der Waals surface area contributed by atoms with Crippen LogP contribution in [0, 0.1) is 6.92 Å². The van der Waals surface area contributed by atoms with Crippen LogP contribution in [0.3, 0.4) is 0 Å². The Morgan fingerprint density at radius 1 is 1.20 bits per heavy atom. The number of halogens is 3. The smallest absolute Gasteiger partial charge is 0.368 e. The van der Waals surface area contributed by atoms with E-state index in [0.29, 0.717) is 32.8 Å². The molecule has 1 amide bonds. The Morgan fingerprint density at radius 2 is 1.92 bits per heavy atom. The molecule has 25 heavy (non-hydrogen) atoms. The van der Waals surface area contributed by atoms with Crippen molar-refractivity contribution in [1.82, 2.24) is 14.9 Å². The zero-order valence-electron chi connectivity index (χ0n) is 14.1. The zero-order valence-corrected chi connectivity index (χ0v) is 14.1. The Labute approximate surface area is 144 Å². The fourth-order valence-electron chi connectivity index (χ4n) is 3.11. The van der Waals surface area contributed by atoms with Crippen LogP contribution in [0.5, 0.6) is 0 Å². The first-order valence-corrected chi connectivity index (χ1v) is 8.43. The lowest BCUT2D eigenvalue weighted by molar-refractivity contribution is -0.146. The van der Waals surface area contributed by atoms with Crippen LogP contribution in [-0.2, 0) is 15.7 Å². The van der Waals surface area contributed by atoms with E-state index >= 15 is 0 Å². The summed E-state index contributed by atoms with van der Waals surface area (Å²) in [6, 6.07) is 0.934. The minimum Gasteiger partial charge on any atom is -0.368 e. The molecule has 0 radical (unpaired) electrons. The molecule has 6 nitrogen and oxygen atoms in total. The Bertz CT molecular complexity index is 624. The second-order valence-corrected chi connectivity index (χ2v) is 6.36. The second-order valence-electron chi connectivity index (χ2n) is 6.36. The standard InChI is InChI=1S/C16H21F3N4O2/c1-11-10-13(16(17,18)19)21-15(20-11)23-7-5-22(6-8-23)14(24)12-4-2-3-9-25-12/h10,12H,2-9H2,1H3/t12-/m0/s1. The number of ether oxygens (including phenoxy) is 1. The maximum absolute atomic E-state index is 12.9. The summed E-state index contributed by atoms with van der Waals surface area (Å²) >= 11 is 0. The highest BCUT2D eigenvalue weighted by Gasteiger charge is 2.35. The van der Waals surface area contributed by atoms with Gasteiger partial charge in [0.15, 0.2) is 0 Å². The van der Waals surface area contributed by atoms with E-state index in [1.54, 1.807) is 9.80 Å². The van der Waals surface area contributed by atoms with Gasteiger partial charge in [-0.3, -0.25) is 4.79 Å². The van der Waals surface area contributed by atoms with E-state index in [9.17, 15) is 18.0 Å². The normalized spacial score (nSPS) is 22.2. The molecule has 0 spiro atoms. The largest absolute Gasteiger partial charge is 0.433 e. The summed E-state index contributed by atoms with van der Waals surface area (Å²) in [5.41, 5.74) is -0.671. The molecular weight excluding hydrogens is 337 g/mol. The Hall–Kier alpha value is -1.90. The third kappa shape index (κ3) is 4.20. The van der Waals surface area contributed by atoms with Gasteiger partial charge in [0.2, 0.25) is 5.95 Å². The highest BCUT2D eigenvalue weighted by molar-refractivity contribution is 5.81. The maximum atomic E-state index is 12.9. The van der Waals surface area contributed by atoms with Crippen LogP contribution in [0.2, 0.25) is 0 Å². The highest BCUT2D eigenvalue weighted by atomic mass is 19.4. The molecule has 2 aliphatic heterocycles. The Kier molecular flexibility index (Phi) is 5.12. The first-order chi connectivity index (χ1) is 11.8. The van der Waals surface area contributed by atoms with Crippen molar-refractivity contribution in [2.75, 3.05) is 37.7 Å². The molecule has 0 unspecified atom stereocenters. The summed E-state index contributed by atoms with van der Waals surface area (Å²) in [6.45, 7) is 3.78. The van der Waals surface area contributed by atoms with Gasteiger partial charge in [-0.2, -0.15) is 13.2 Å². The summed E-state index contributed by atoms with van der Waals surface area (Å²) < 4.78 is 44.3. The molecule has 2 fully saturated rings. The summed E-state index contributed by atoms with van der Waals surface area (Å²) in [7, 11) is 0. The monoisotopic (exact) mass is 358 g/mol. The molecule has 1 aromatic rings. The zero-order chi connectivity index (χ0) is 18.0. The van der Waals surface area contributed by atoms with E-state index < -0.39 is 11.9 Å². The molecule has 1 atom stereocenters. The van der Waals surface area contributed by atoms with Gasteiger partial charge in [0.1, 0.15) is 11.8 Å². The van der Waals surface area contributed by atoms with E-state index in [0.717, 1.165) is 25.3 Å². The number of anilines is 1. The number of carbonyl (C=O) groups is 1. The van der Waals surface area contributed by atoms with Crippen LogP contribution >= 0.6 is 0 Å². The Balaban J connectivity index is 1.64. The molecule has 0 saturated carbocycles. The summed E-state index contributed by atoms with van der Waals surface area (Å²) in [5.74, 6) is 0.0360. The number of aryl methyl sites for hydroxylation is 1. The lowest BCUT2D eigenvalue weighted by atomic mass is 10.1. The van der Waals surface area contributed by atoms with Gasteiger partial charge in [0.25, 0.3) is 5.91 Å². The van der Waals surface area contributed by atoms with Crippen molar-refractivity contribution in [2.24, 2.45) is 0 Å². The van der Waals surface area contributed by atoms with Crippen molar-refractivity contribution in [3.05, 3.63) is 17.5 Å². The van der Waals surface area contributed by atoms with Gasteiger partial charge in [0.05, 0.1) is 0 Å². The predicted octanol–water partition coefficient (Wildman–Crippen LogP) is 2.02. The quantitative estimate of drug-likeness (QED) is 0.810. The molecule has 2 aliphatic rings. The van der Waals surface area contributed by atoms with Crippen molar-refractivity contribution in [3.63, 3.8) is 0 Å². The lowest BCUT2D eigenvalue weighted by Gasteiger charge is -2.37. The summed E-state index contributed by atoms with van der Waals surface area (Å²) in [4.78, 5) is 23.6. The van der Waals surface area contributed by atoms with Crippen LogP contribution < -0.4 is 4.90 Å². The summed E-state index contributed by atoms with van der Waals surface area (Å²) in [6.07, 6.45) is -2.20. The number of amides is 1. The molecule has 1 aromatic heterocycles. The van der Waals surface area contributed by atoms with E-state index in [-0.39, 0.29) is 23.7 Å². The number of hydrogen-bond donors (Lipinski definition) is 0. The lowest BCUT2D eigenvalue weighted by Crippen LogP contribution is -2.52. The molecule has 0 aromatic carbocycles. The maximum Gasteiger partial charge on any atom is 0.433 e. The van der Waals surface area contributed by atoms with Crippen molar-refractivity contribution in [2.45, 2.75) is 38.5 Å². The van der Waals surface area contributed by atoms with Crippen molar-refractivity contribution >= 4 is 11.9 Å². The van der Waals surface area contributed by atoms with Crippen LogP contribution in [0.1, 0.15) is 30.7 Å². The SMILES string of the molecule is Cc1cc(C(F)(F)F)nc(N2CCN(C(=O)[C@@H]3CCCCO3)CC2)n1. The minimum atomic E-state index is -4.50. The fraction of sp³-hybridized carbons (Fsp3) is 0.688. The molecule has 3 rings (SSSR count). The molecule has 9 heteroatoms. The first kappa shape index (κ1) is 17.9. The van der Waals surface area contributed by atoms with Crippen LogP contribution in [0.15, 0.2) is 6.07 Å². The van der Waals surface area contributed by atoms with Crippen LogP contribution in [0.4, 0.5) is 19.1 Å². The van der Waals surface area contributed by atoms with Gasteiger partial charge in [0, 0.05) is 38.5 Å². The molecule has 2 saturated heterocycles. The van der Waals surface area contributed by atoms with Crippen molar-refractivity contribution < 1.29 is 22.7 Å². The number of nitrogens with zero attached hydrogens (tertiary/aromatic N) is 4. The highest BCUT2D eigenvalue weighted by Crippen LogP contribution is 2.29. The number of piperazine rings is 1. The van der Waals surface area contributed by atoms with E-state index in [4.69, 9.17) is 4.74 Å². The van der Waals surface area contributed by atoms with Gasteiger partial charge in [-0.1, -0.05) is 0 Å². The van der Waals surface area contributed by atoms with Gasteiger partial charge >= 0.3 is 6.18 Å². The average Bonchev–Trinajstić information content (AvgIpc) is 2.61. The third-order valence-corrected chi connectivity index (χ3v) is 4.46. The number of carbonyl (C=O) groups excluding carboxylic acids is 1. The molecule has 0 aliphatic carbocycles. The summed E-state index contributed by atoms with van der Waals surface area (Å²) in [5, 5.41) is 0. The molecule has 3 heterocycles. The predicted molar refractivity (Wildman–Crippen MR) is 84.2 cm³/mol. The fourth-order valence-corrected chi connectivity index (χ4v) is 3.11. The molecular formula is C16H21F3N4O2. The Morgan fingerprint density at radius 3 is 2.52 bits per heavy atom. The number of hydrogen-bond acceptors (Lipinski definition) is 5. The van der Waals surface area contributed by atoms with Gasteiger partial charge in [-0.05, 0) is 32.3 Å².